The first-order valence-corrected chi connectivity index (χ1v) is 7.22. The predicted molar refractivity (Wildman–Crippen MR) is 71.6 cm³/mol. The molecule has 1 aliphatic carbocycles. The lowest BCUT2D eigenvalue weighted by molar-refractivity contribution is -0.133. The van der Waals surface area contributed by atoms with Crippen LogP contribution in [0.2, 0.25) is 0 Å². The number of carbonyl (C=O) groups is 1. The molecule has 2 heterocycles. The lowest BCUT2D eigenvalue weighted by Crippen LogP contribution is -2.39. The maximum atomic E-state index is 12.4. The molecule has 1 saturated carbocycles. The molecular weight excluding hydrogens is 258 g/mol. The van der Waals surface area contributed by atoms with Gasteiger partial charge in [-0.25, -0.2) is 4.68 Å². The minimum absolute atomic E-state index is 0.118. The van der Waals surface area contributed by atoms with Gasteiger partial charge in [-0.05, 0) is 19.3 Å². The summed E-state index contributed by atoms with van der Waals surface area (Å²) in [4.78, 5) is 14.4. The molecule has 1 amide bonds. The SMILES string of the molecule is NCc1cn(CC(=O)N(CC2CCOC2)C2CC2)nn1. The maximum absolute atomic E-state index is 12.4. The average Bonchev–Trinajstić information content (AvgIpc) is 2.98. The van der Waals surface area contributed by atoms with Gasteiger partial charge in [0.2, 0.25) is 5.91 Å². The normalized spacial score (nSPS) is 22.1. The van der Waals surface area contributed by atoms with Gasteiger partial charge in [0.05, 0.1) is 18.5 Å². The van der Waals surface area contributed by atoms with Gasteiger partial charge in [0.15, 0.2) is 0 Å². The summed E-state index contributed by atoms with van der Waals surface area (Å²) in [5.41, 5.74) is 6.20. The molecule has 0 spiro atoms. The van der Waals surface area contributed by atoms with Gasteiger partial charge in [0.25, 0.3) is 0 Å². The summed E-state index contributed by atoms with van der Waals surface area (Å²) in [5.74, 6) is 0.600. The number of nitrogens with two attached hydrogens (primary N) is 1. The van der Waals surface area contributed by atoms with Crippen molar-refractivity contribution in [3.05, 3.63) is 11.9 Å². The zero-order valence-electron chi connectivity index (χ0n) is 11.6. The van der Waals surface area contributed by atoms with Crippen molar-refractivity contribution in [1.82, 2.24) is 19.9 Å². The van der Waals surface area contributed by atoms with E-state index in [-0.39, 0.29) is 12.5 Å². The quantitative estimate of drug-likeness (QED) is 0.777. The largest absolute Gasteiger partial charge is 0.381 e. The number of amides is 1. The van der Waals surface area contributed by atoms with Crippen LogP contribution in [0.5, 0.6) is 0 Å². The van der Waals surface area contributed by atoms with Crippen LogP contribution in [0.15, 0.2) is 6.20 Å². The van der Waals surface area contributed by atoms with Crippen molar-refractivity contribution in [3.8, 4) is 0 Å². The van der Waals surface area contributed by atoms with Gasteiger partial charge in [-0.1, -0.05) is 5.21 Å². The predicted octanol–water partition coefficient (Wildman–Crippen LogP) is -0.236. The number of rotatable bonds is 6. The van der Waals surface area contributed by atoms with Gasteiger partial charge in [-0.2, -0.15) is 0 Å². The molecule has 20 heavy (non-hydrogen) atoms. The fourth-order valence-electron chi connectivity index (χ4n) is 2.58. The fourth-order valence-corrected chi connectivity index (χ4v) is 2.58. The Morgan fingerprint density at radius 1 is 1.50 bits per heavy atom. The molecule has 1 aromatic rings. The third-order valence-corrected chi connectivity index (χ3v) is 3.88. The molecule has 2 aliphatic rings. The zero-order valence-corrected chi connectivity index (χ0v) is 11.6. The molecule has 3 rings (SSSR count). The van der Waals surface area contributed by atoms with E-state index in [9.17, 15) is 4.79 Å². The van der Waals surface area contributed by atoms with E-state index in [4.69, 9.17) is 10.5 Å². The van der Waals surface area contributed by atoms with Crippen LogP contribution in [0.3, 0.4) is 0 Å². The lowest BCUT2D eigenvalue weighted by atomic mass is 10.1. The van der Waals surface area contributed by atoms with Gasteiger partial charge in [0, 0.05) is 31.7 Å². The van der Waals surface area contributed by atoms with Crippen LogP contribution in [0.4, 0.5) is 0 Å². The molecule has 1 unspecified atom stereocenters. The molecule has 7 nitrogen and oxygen atoms in total. The second-order valence-corrected chi connectivity index (χ2v) is 5.62. The van der Waals surface area contributed by atoms with E-state index in [1.165, 1.54) is 0 Å². The highest BCUT2D eigenvalue weighted by atomic mass is 16.5. The monoisotopic (exact) mass is 279 g/mol. The van der Waals surface area contributed by atoms with Gasteiger partial charge in [0.1, 0.15) is 6.54 Å². The molecule has 0 bridgehead atoms. The number of aromatic nitrogens is 3. The third kappa shape index (κ3) is 3.16. The Bertz CT molecular complexity index is 465. The third-order valence-electron chi connectivity index (χ3n) is 3.88. The topological polar surface area (TPSA) is 86.3 Å². The smallest absolute Gasteiger partial charge is 0.244 e. The van der Waals surface area contributed by atoms with Crippen molar-refractivity contribution in [2.75, 3.05) is 19.8 Å². The van der Waals surface area contributed by atoms with Crippen LogP contribution in [0, 0.1) is 5.92 Å². The molecule has 2 fully saturated rings. The minimum atomic E-state index is 0.118. The molecule has 1 aliphatic heterocycles. The van der Waals surface area contributed by atoms with Crippen molar-refractivity contribution < 1.29 is 9.53 Å². The van der Waals surface area contributed by atoms with Crippen molar-refractivity contribution >= 4 is 5.91 Å². The Balaban J connectivity index is 1.59. The van der Waals surface area contributed by atoms with E-state index in [0.717, 1.165) is 39.0 Å². The molecule has 1 aromatic heterocycles. The molecule has 1 atom stereocenters. The van der Waals surface area contributed by atoms with Crippen molar-refractivity contribution in [2.45, 2.75) is 38.4 Å². The molecule has 110 valence electrons. The summed E-state index contributed by atoms with van der Waals surface area (Å²) < 4.78 is 6.97. The molecule has 1 saturated heterocycles. The lowest BCUT2D eigenvalue weighted by Gasteiger charge is -2.25. The van der Waals surface area contributed by atoms with Gasteiger partial charge in [-0.15, -0.1) is 5.10 Å². The van der Waals surface area contributed by atoms with Crippen LogP contribution >= 0.6 is 0 Å². The Morgan fingerprint density at radius 3 is 2.95 bits per heavy atom. The summed E-state index contributed by atoms with van der Waals surface area (Å²) in [7, 11) is 0. The molecule has 2 N–H and O–H groups in total. The summed E-state index contributed by atoms with van der Waals surface area (Å²) in [5, 5.41) is 7.84. The standard InChI is InChI=1S/C13H21N5O2/c14-5-11-7-17(16-15-11)8-13(19)18(12-1-2-12)6-10-3-4-20-9-10/h7,10,12H,1-6,8-9,14H2. The van der Waals surface area contributed by atoms with Crippen molar-refractivity contribution in [2.24, 2.45) is 11.7 Å². The Hall–Kier alpha value is -1.47. The maximum Gasteiger partial charge on any atom is 0.244 e. The van der Waals surface area contributed by atoms with Gasteiger partial charge < -0.3 is 15.4 Å². The highest BCUT2D eigenvalue weighted by Gasteiger charge is 2.34. The molecule has 0 radical (unpaired) electrons. The number of hydrogen-bond acceptors (Lipinski definition) is 5. The van der Waals surface area contributed by atoms with Crippen LogP contribution in [-0.2, 0) is 22.6 Å². The number of nitrogens with zero attached hydrogens (tertiary/aromatic N) is 4. The number of ether oxygens (including phenoxy) is 1. The second-order valence-electron chi connectivity index (χ2n) is 5.62. The molecular formula is C13H21N5O2. The first-order valence-electron chi connectivity index (χ1n) is 7.22. The number of carbonyl (C=O) groups excluding carboxylic acids is 1. The fraction of sp³-hybridized carbons (Fsp3) is 0.769. The Morgan fingerprint density at radius 2 is 2.35 bits per heavy atom. The summed E-state index contributed by atoms with van der Waals surface area (Å²) in [6.45, 7) is 3.00. The van der Waals surface area contributed by atoms with E-state index < -0.39 is 0 Å². The van der Waals surface area contributed by atoms with E-state index >= 15 is 0 Å². The van der Waals surface area contributed by atoms with E-state index in [2.05, 4.69) is 10.3 Å². The Labute approximate surface area is 118 Å². The van der Waals surface area contributed by atoms with Crippen molar-refractivity contribution in [3.63, 3.8) is 0 Å². The first-order chi connectivity index (χ1) is 9.76. The summed E-state index contributed by atoms with van der Waals surface area (Å²) in [6.07, 6.45) is 5.02. The first kappa shape index (κ1) is 13.5. The second kappa shape index (κ2) is 5.88. The summed E-state index contributed by atoms with van der Waals surface area (Å²) in [6, 6.07) is 0.417. The zero-order chi connectivity index (χ0) is 13.9. The highest BCUT2D eigenvalue weighted by molar-refractivity contribution is 5.76. The van der Waals surface area contributed by atoms with E-state index in [1.807, 2.05) is 4.90 Å². The van der Waals surface area contributed by atoms with Gasteiger partial charge in [-0.3, -0.25) is 4.79 Å². The average molecular weight is 279 g/mol. The van der Waals surface area contributed by atoms with Crippen LogP contribution < -0.4 is 5.73 Å². The highest BCUT2D eigenvalue weighted by Crippen LogP contribution is 2.29. The minimum Gasteiger partial charge on any atom is -0.381 e. The van der Waals surface area contributed by atoms with Gasteiger partial charge >= 0.3 is 0 Å². The summed E-state index contributed by atoms with van der Waals surface area (Å²) >= 11 is 0. The van der Waals surface area contributed by atoms with Crippen LogP contribution in [-0.4, -0.2) is 51.6 Å². The van der Waals surface area contributed by atoms with Crippen molar-refractivity contribution in [1.29, 1.82) is 0 Å². The van der Waals surface area contributed by atoms with Crippen LogP contribution in [0.25, 0.3) is 0 Å². The van der Waals surface area contributed by atoms with Crippen LogP contribution in [0.1, 0.15) is 25.0 Å². The van der Waals surface area contributed by atoms with E-state index in [0.29, 0.717) is 24.2 Å². The molecule has 0 aromatic carbocycles. The molecule has 7 heteroatoms. The number of hydrogen-bond donors (Lipinski definition) is 1. The Kier molecular flexibility index (Phi) is 3.98. The van der Waals surface area contributed by atoms with E-state index in [1.54, 1.807) is 10.9 Å².